The molecule has 0 bridgehead atoms. The van der Waals surface area contributed by atoms with Crippen LogP contribution in [0.15, 0.2) is 398 Å². The summed E-state index contributed by atoms with van der Waals surface area (Å²) in [6.07, 6.45) is 0. The van der Waals surface area contributed by atoms with Crippen LogP contribution in [0.5, 0.6) is 11.5 Å². The molecule has 0 radical (unpaired) electrons. The van der Waals surface area contributed by atoms with Gasteiger partial charge in [0.15, 0.2) is 0 Å². The van der Waals surface area contributed by atoms with Crippen molar-refractivity contribution < 1.29 is 4.74 Å². The van der Waals surface area contributed by atoms with E-state index in [0.717, 1.165) is 135 Å². The van der Waals surface area contributed by atoms with Crippen LogP contribution in [0.25, 0.3) is 55.6 Å². The molecule has 0 amide bonds. The second kappa shape index (κ2) is 25.6. The van der Waals surface area contributed by atoms with Gasteiger partial charge in [-0.3, -0.25) is 0 Å². The second-order valence-electron chi connectivity index (χ2n) is 27.0. The molecule has 4 heterocycles. The molecule has 0 N–H and O–H groups in total. The molecule has 104 heavy (non-hydrogen) atoms. The zero-order chi connectivity index (χ0) is 68.6. The Bertz CT molecular complexity index is 5950. The first-order chi connectivity index (χ1) is 51.6. The summed E-state index contributed by atoms with van der Waals surface area (Å²) >= 11 is 1.90. The Morgan fingerprint density at radius 2 is 0.663 bits per heavy atom. The quantitative estimate of drug-likeness (QED) is 0.107. The molecule has 16 aromatic carbocycles. The number of hydrogen-bond acceptors (Lipinski definition) is 6. The molecule has 20 rings (SSSR count). The van der Waals surface area contributed by atoms with Crippen molar-refractivity contribution in [2.75, 3.05) is 19.6 Å². The molecule has 0 fully saturated rings. The lowest BCUT2D eigenvalue weighted by Crippen LogP contribution is -2.63. The highest BCUT2D eigenvalue weighted by Gasteiger charge is 2.47. The van der Waals surface area contributed by atoms with E-state index in [1.165, 1.54) is 42.8 Å². The Balaban J connectivity index is 0.842. The molecular weight excluding hydrogens is 1280 g/mol. The standard InChI is InChI=1S/C96H64B2N4OS/c1-7-29-65(30-8-1)67-51-55-73(56-52-67)99(84-46-24-19-41-77(84)69-33-11-3-12-34-69)75-59-89-95-92(61-75)103-91-50-28-23-45-81(91)98(95)82-63-83-93(64-88(82)102(89)86-48-26-21-43-79(86)71-37-15-5-16-38-71)104-94-62-76(60-90-96(94)97(83)80-44-22-27-49-87(80)101(90)72-39-17-6-18-40-72)100(74-57-53-68(54-58-74)66-31-9-2-10-32-66)85-47-25-20-42-78(85)70-35-13-4-14-36-70/h1-64H. The maximum Gasteiger partial charge on any atom is 0.256 e. The van der Waals surface area contributed by atoms with Crippen molar-refractivity contribution in [3.63, 3.8) is 0 Å². The third kappa shape index (κ3) is 10.4. The lowest BCUT2D eigenvalue weighted by Gasteiger charge is -2.44. The van der Waals surface area contributed by atoms with E-state index in [2.05, 4.69) is 408 Å². The smallest absolute Gasteiger partial charge is 0.256 e. The van der Waals surface area contributed by atoms with Crippen molar-refractivity contribution in [1.29, 1.82) is 0 Å². The van der Waals surface area contributed by atoms with Crippen LogP contribution in [-0.4, -0.2) is 13.4 Å². The summed E-state index contributed by atoms with van der Waals surface area (Å²) < 4.78 is 7.51. The van der Waals surface area contributed by atoms with Gasteiger partial charge in [0.1, 0.15) is 11.5 Å². The second-order valence-corrected chi connectivity index (χ2v) is 28.1. The van der Waals surface area contributed by atoms with Crippen LogP contribution in [-0.2, 0) is 0 Å². The molecule has 486 valence electrons. The van der Waals surface area contributed by atoms with Crippen LogP contribution in [0, 0.1) is 0 Å². The number of fused-ring (bicyclic) bond motifs is 8. The number of para-hydroxylation sites is 6. The zero-order valence-electron chi connectivity index (χ0n) is 56.7. The minimum absolute atomic E-state index is 0.142. The molecule has 0 unspecified atom stereocenters. The molecule has 5 nitrogen and oxygen atoms in total. The molecular formula is C96H64B2N4OS. The lowest BCUT2D eigenvalue weighted by atomic mass is 9.31. The van der Waals surface area contributed by atoms with Crippen molar-refractivity contribution in [3.8, 4) is 67.1 Å². The van der Waals surface area contributed by atoms with Gasteiger partial charge in [0.2, 0.25) is 6.71 Å². The molecule has 0 saturated heterocycles. The van der Waals surface area contributed by atoms with E-state index in [1.54, 1.807) is 0 Å². The SMILES string of the molecule is c1ccc(-c2ccc(N(c3cc4c5c(c3)N(c3ccccc3-c3ccccc3)c3cc6c(cc3B5c3ccccc3O4)B3c4ccccc4N(c4ccccc4)c4cc(N(c5ccc(-c7ccccc7)cc5)c5ccccc5-c5ccccc5)cc(c43)S6)c3ccccc3-c3ccccc3)cc2)cc1. The molecule has 4 aliphatic heterocycles. The number of nitrogens with zero attached hydrogens (tertiary/aromatic N) is 4. The van der Waals surface area contributed by atoms with Gasteiger partial charge in [-0.25, -0.2) is 0 Å². The molecule has 16 aromatic rings. The van der Waals surface area contributed by atoms with Crippen LogP contribution in [0.1, 0.15) is 0 Å². The zero-order valence-corrected chi connectivity index (χ0v) is 57.5. The Hall–Kier alpha value is -13.0. The fourth-order valence-corrected chi connectivity index (χ4v) is 17.8. The molecule has 0 spiro atoms. The number of ether oxygens (including phenoxy) is 1. The molecule has 4 aliphatic rings. The van der Waals surface area contributed by atoms with Gasteiger partial charge in [-0.1, -0.05) is 308 Å². The van der Waals surface area contributed by atoms with Gasteiger partial charge >= 0.3 is 0 Å². The van der Waals surface area contributed by atoms with E-state index < -0.39 is 0 Å². The third-order valence-corrected chi connectivity index (χ3v) is 22.3. The van der Waals surface area contributed by atoms with E-state index in [4.69, 9.17) is 4.74 Å². The van der Waals surface area contributed by atoms with Crippen molar-refractivity contribution in [1.82, 2.24) is 0 Å². The van der Waals surface area contributed by atoms with Crippen molar-refractivity contribution in [2.24, 2.45) is 0 Å². The number of benzene rings is 16. The van der Waals surface area contributed by atoms with Crippen LogP contribution in [0.2, 0.25) is 0 Å². The maximum atomic E-state index is 7.51. The van der Waals surface area contributed by atoms with Gasteiger partial charge in [0.05, 0.1) is 22.7 Å². The van der Waals surface area contributed by atoms with E-state index in [9.17, 15) is 0 Å². The summed E-state index contributed by atoms with van der Waals surface area (Å²) in [6.45, 7) is -0.356. The summed E-state index contributed by atoms with van der Waals surface area (Å²) in [5, 5.41) is 0. The topological polar surface area (TPSA) is 22.2 Å². The number of rotatable bonds is 13. The van der Waals surface area contributed by atoms with E-state index >= 15 is 0 Å². The van der Waals surface area contributed by atoms with Gasteiger partial charge in [0.25, 0.3) is 6.71 Å². The van der Waals surface area contributed by atoms with E-state index in [1.807, 2.05) is 11.8 Å². The van der Waals surface area contributed by atoms with Crippen LogP contribution < -0.4 is 57.1 Å². The highest BCUT2D eigenvalue weighted by atomic mass is 32.2. The fourth-order valence-electron chi connectivity index (χ4n) is 16.5. The monoisotopic (exact) mass is 1340 g/mol. The summed E-state index contributed by atoms with van der Waals surface area (Å²) in [4.78, 5) is 12.4. The normalized spacial score (nSPS) is 12.6. The van der Waals surface area contributed by atoms with E-state index in [-0.39, 0.29) is 13.4 Å². The summed E-state index contributed by atoms with van der Waals surface area (Å²) in [7, 11) is 0. The molecule has 0 saturated carbocycles. The predicted molar refractivity (Wildman–Crippen MR) is 439 cm³/mol. The maximum absolute atomic E-state index is 7.51. The average Bonchev–Trinajstić information content (AvgIpc) is 0.694. The Labute approximate surface area is 611 Å². The van der Waals surface area contributed by atoms with Crippen molar-refractivity contribution in [2.45, 2.75) is 9.79 Å². The van der Waals surface area contributed by atoms with Gasteiger partial charge in [-0.05, 0) is 157 Å². The first-order valence-electron chi connectivity index (χ1n) is 35.7. The van der Waals surface area contributed by atoms with Gasteiger partial charge in [0, 0.05) is 78.0 Å². The van der Waals surface area contributed by atoms with Gasteiger partial charge in [-0.2, -0.15) is 0 Å². The van der Waals surface area contributed by atoms with E-state index in [0.29, 0.717) is 0 Å². The summed E-state index contributed by atoms with van der Waals surface area (Å²) in [5.41, 5.74) is 31.6. The first-order valence-corrected chi connectivity index (χ1v) is 36.5. The highest BCUT2D eigenvalue weighted by Crippen LogP contribution is 2.53. The largest absolute Gasteiger partial charge is 0.458 e. The van der Waals surface area contributed by atoms with Crippen molar-refractivity contribution >= 4 is 126 Å². The third-order valence-electron chi connectivity index (χ3n) is 21.1. The van der Waals surface area contributed by atoms with Crippen LogP contribution >= 0.6 is 11.8 Å². The summed E-state index contributed by atoms with van der Waals surface area (Å²) in [5.74, 6) is 1.67. The Morgan fingerprint density at radius 1 is 0.240 bits per heavy atom. The fraction of sp³-hybridized carbons (Fsp3) is 0. The molecule has 8 heteroatoms. The van der Waals surface area contributed by atoms with Gasteiger partial charge in [-0.15, -0.1) is 0 Å². The summed E-state index contributed by atoms with van der Waals surface area (Å²) in [6, 6.07) is 143. The molecule has 0 aromatic heterocycles. The van der Waals surface area contributed by atoms with Gasteiger partial charge < -0.3 is 24.3 Å². The average molecular weight is 1340 g/mol. The predicted octanol–water partition coefficient (Wildman–Crippen LogP) is 22.1. The molecule has 0 aliphatic carbocycles. The lowest BCUT2D eigenvalue weighted by molar-refractivity contribution is 0.487. The minimum Gasteiger partial charge on any atom is -0.458 e. The van der Waals surface area contributed by atoms with Crippen LogP contribution in [0.3, 0.4) is 0 Å². The van der Waals surface area contributed by atoms with Crippen molar-refractivity contribution in [3.05, 3.63) is 388 Å². The number of anilines is 12. The first kappa shape index (κ1) is 60.9. The van der Waals surface area contributed by atoms with Crippen LogP contribution in [0.4, 0.5) is 68.2 Å². The Morgan fingerprint density at radius 3 is 1.23 bits per heavy atom. The molecule has 0 atom stereocenters. The minimum atomic E-state index is -0.214. The Kier molecular flexibility index (Phi) is 15.0. The highest BCUT2D eigenvalue weighted by molar-refractivity contribution is 8.00. The number of hydrogen-bond donors (Lipinski definition) is 0.